The zero-order chi connectivity index (χ0) is 14.0. The number of carbonyl (C=O) groups excluding carboxylic acids is 1. The van der Waals surface area contributed by atoms with Crippen LogP contribution in [0.4, 0.5) is 4.79 Å². The van der Waals surface area contributed by atoms with Crippen LogP contribution >= 0.6 is 0 Å². The molecule has 5 heteroatoms. The van der Waals surface area contributed by atoms with Gasteiger partial charge in [-0.05, 0) is 34.6 Å². The van der Waals surface area contributed by atoms with Gasteiger partial charge in [-0.3, -0.25) is 4.90 Å². The third kappa shape index (κ3) is 2.05. The van der Waals surface area contributed by atoms with Gasteiger partial charge in [-0.1, -0.05) is 12.2 Å². The summed E-state index contributed by atoms with van der Waals surface area (Å²) in [6.45, 7) is 9.42. The monoisotopic (exact) mass is 267 g/mol. The first-order valence-corrected chi connectivity index (χ1v) is 6.73. The number of nitrogens with zero attached hydrogens (tertiary/aromatic N) is 1. The van der Waals surface area contributed by atoms with Crippen LogP contribution in [0.2, 0.25) is 0 Å². The van der Waals surface area contributed by atoms with Gasteiger partial charge in [-0.2, -0.15) is 0 Å². The van der Waals surface area contributed by atoms with Crippen LogP contribution in [0.5, 0.6) is 0 Å². The van der Waals surface area contributed by atoms with E-state index in [0.717, 1.165) is 0 Å². The van der Waals surface area contributed by atoms with E-state index in [1.165, 1.54) is 0 Å². The number of fused-ring (bicyclic) bond motifs is 5. The summed E-state index contributed by atoms with van der Waals surface area (Å²) in [5.74, 6) is -0.572. The van der Waals surface area contributed by atoms with Crippen LogP contribution in [-0.4, -0.2) is 46.7 Å². The first-order valence-electron chi connectivity index (χ1n) is 6.73. The van der Waals surface area contributed by atoms with Gasteiger partial charge >= 0.3 is 6.09 Å². The van der Waals surface area contributed by atoms with E-state index < -0.39 is 11.4 Å². The molecule has 3 rings (SSSR count). The van der Waals surface area contributed by atoms with Crippen molar-refractivity contribution in [1.29, 1.82) is 0 Å². The summed E-state index contributed by atoms with van der Waals surface area (Å²) in [5, 5.41) is 0. The second kappa shape index (κ2) is 3.73. The normalized spacial score (nSPS) is 38.7. The van der Waals surface area contributed by atoms with Crippen molar-refractivity contribution < 1.29 is 19.0 Å². The van der Waals surface area contributed by atoms with Crippen molar-refractivity contribution in [1.82, 2.24) is 4.90 Å². The molecule has 19 heavy (non-hydrogen) atoms. The second-order valence-corrected chi connectivity index (χ2v) is 6.82. The van der Waals surface area contributed by atoms with Crippen molar-refractivity contribution >= 4 is 6.09 Å². The average molecular weight is 267 g/mol. The number of hydrogen-bond acceptors (Lipinski definition) is 4. The lowest BCUT2D eigenvalue weighted by molar-refractivity contribution is -0.160. The summed E-state index contributed by atoms with van der Waals surface area (Å²) in [5.41, 5.74) is -0.491. The van der Waals surface area contributed by atoms with E-state index in [-0.39, 0.29) is 30.4 Å². The minimum atomic E-state index is -0.572. The molecular formula is C14H21NO4. The van der Waals surface area contributed by atoms with Crippen LogP contribution in [0.1, 0.15) is 34.6 Å². The molecule has 3 heterocycles. The van der Waals surface area contributed by atoms with Gasteiger partial charge in [0, 0.05) is 0 Å². The minimum Gasteiger partial charge on any atom is -0.444 e. The Hall–Kier alpha value is -1.07. The summed E-state index contributed by atoms with van der Waals surface area (Å²) in [7, 11) is 0. The summed E-state index contributed by atoms with van der Waals surface area (Å²) in [6, 6.07) is -0.154. The Morgan fingerprint density at radius 2 is 1.63 bits per heavy atom. The Balaban J connectivity index is 1.77. The third-order valence-electron chi connectivity index (χ3n) is 3.59. The summed E-state index contributed by atoms with van der Waals surface area (Å²) in [4.78, 5) is 14.0. The molecule has 0 aromatic rings. The molecular weight excluding hydrogens is 246 g/mol. The van der Waals surface area contributed by atoms with Gasteiger partial charge in [0.2, 0.25) is 0 Å². The molecule has 3 aliphatic rings. The van der Waals surface area contributed by atoms with Gasteiger partial charge in [0.25, 0.3) is 0 Å². The highest BCUT2D eigenvalue weighted by Gasteiger charge is 2.60. The molecule has 0 spiro atoms. The Bertz CT molecular complexity index is 413. The minimum absolute atomic E-state index is 0.0772. The highest BCUT2D eigenvalue weighted by Crippen LogP contribution is 2.44. The topological polar surface area (TPSA) is 48.0 Å². The maximum Gasteiger partial charge on any atom is 0.411 e. The molecule has 0 aliphatic carbocycles. The lowest BCUT2D eigenvalue weighted by Gasteiger charge is -2.30. The lowest BCUT2D eigenvalue weighted by Crippen LogP contribution is -2.44. The van der Waals surface area contributed by atoms with Crippen LogP contribution in [0.15, 0.2) is 12.2 Å². The Labute approximate surface area is 113 Å². The maximum absolute atomic E-state index is 12.3. The van der Waals surface area contributed by atoms with Crippen molar-refractivity contribution in [3.8, 4) is 0 Å². The molecule has 4 atom stereocenters. The summed E-state index contributed by atoms with van der Waals surface area (Å²) in [6.07, 6.45) is 3.56. The summed E-state index contributed by atoms with van der Waals surface area (Å²) < 4.78 is 17.2. The molecule has 4 unspecified atom stereocenters. The van der Waals surface area contributed by atoms with Crippen molar-refractivity contribution in [2.24, 2.45) is 0 Å². The second-order valence-electron chi connectivity index (χ2n) is 6.82. The first-order chi connectivity index (χ1) is 8.68. The Kier molecular flexibility index (Phi) is 2.54. The molecule has 2 saturated heterocycles. The quantitative estimate of drug-likeness (QED) is 0.630. The highest BCUT2D eigenvalue weighted by atomic mass is 16.8. The number of hydrogen-bond donors (Lipinski definition) is 0. The van der Waals surface area contributed by atoms with Gasteiger partial charge in [0.05, 0.1) is 12.1 Å². The largest absolute Gasteiger partial charge is 0.444 e. The van der Waals surface area contributed by atoms with Gasteiger partial charge in [0.15, 0.2) is 5.79 Å². The van der Waals surface area contributed by atoms with Crippen molar-refractivity contribution in [2.45, 2.75) is 70.3 Å². The average Bonchev–Trinajstić information content (AvgIpc) is 2.80. The molecule has 3 aliphatic heterocycles. The van der Waals surface area contributed by atoms with Crippen LogP contribution in [0, 0.1) is 0 Å². The smallest absolute Gasteiger partial charge is 0.411 e. The van der Waals surface area contributed by atoms with Gasteiger partial charge < -0.3 is 14.2 Å². The van der Waals surface area contributed by atoms with E-state index in [4.69, 9.17) is 14.2 Å². The van der Waals surface area contributed by atoms with Gasteiger partial charge in [-0.25, -0.2) is 4.79 Å². The Morgan fingerprint density at radius 1 is 1.16 bits per heavy atom. The Morgan fingerprint density at radius 3 is 2.05 bits per heavy atom. The molecule has 106 valence electrons. The zero-order valence-corrected chi connectivity index (χ0v) is 12.0. The van der Waals surface area contributed by atoms with Crippen molar-refractivity contribution in [3.63, 3.8) is 0 Å². The van der Waals surface area contributed by atoms with Crippen LogP contribution in [0.3, 0.4) is 0 Å². The SMILES string of the molecule is CC(C)(C)OC(=O)N1C2C=CC1C1OC(C)(C)OC12. The number of amides is 1. The fourth-order valence-corrected chi connectivity index (χ4v) is 3.05. The molecule has 2 fully saturated rings. The third-order valence-corrected chi connectivity index (χ3v) is 3.59. The molecule has 0 radical (unpaired) electrons. The number of rotatable bonds is 0. The van der Waals surface area contributed by atoms with Crippen molar-refractivity contribution in [3.05, 3.63) is 12.2 Å². The van der Waals surface area contributed by atoms with Crippen LogP contribution in [0.25, 0.3) is 0 Å². The first kappa shape index (κ1) is 12.9. The highest BCUT2D eigenvalue weighted by molar-refractivity contribution is 5.72. The fraction of sp³-hybridized carbons (Fsp3) is 0.786. The standard InChI is InChI=1S/C14H21NO4/c1-13(2,3)19-12(16)15-8-6-7-9(15)11-10(8)17-14(4,5)18-11/h6-11H,1-5H3. The molecule has 2 bridgehead atoms. The maximum atomic E-state index is 12.3. The number of carbonyl (C=O) groups is 1. The molecule has 0 aromatic carbocycles. The lowest BCUT2D eigenvalue weighted by atomic mass is 10.0. The molecule has 0 aromatic heterocycles. The molecule has 0 saturated carbocycles. The van der Waals surface area contributed by atoms with E-state index in [1.54, 1.807) is 4.90 Å². The van der Waals surface area contributed by atoms with E-state index >= 15 is 0 Å². The predicted molar refractivity (Wildman–Crippen MR) is 68.6 cm³/mol. The van der Waals surface area contributed by atoms with Crippen LogP contribution < -0.4 is 0 Å². The van der Waals surface area contributed by atoms with E-state index in [0.29, 0.717) is 0 Å². The fourth-order valence-electron chi connectivity index (χ4n) is 3.05. The molecule has 1 amide bonds. The van der Waals surface area contributed by atoms with E-state index in [1.807, 2.05) is 46.8 Å². The number of ether oxygens (including phenoxy) is 3. The zero-order valence-electron chi connectivity index (χ0n) is 12.0. The van der Waals surface area contributed by atoms with Gasteiger partial charge in [0.1, 0.15) is 17.8 Å². The van der Waals surface area contributed by atoms with Crippen molar-refractivity contribution in [2.75, 3.05) is 0 Å². The van der Waals surface area contributed by atoms with Crippen LogP contribution in [-0.2, 0) is 14.2 Å². The summed E-state index contributed by atoms with van der Waals surface area (Å²) >= 11 is 0. The molecule has 5 nitrogen and oxygen atoms in total. The van der Waals surface area contributed by atoms with E-state index in [2.05, 4.69) is 0 Å². The van der Waals surface area contributed by atoms with E-state index in [9.17, 15) is 4.79 Å². The predicted octanol–water partition coefficient (Wildman–Crippen LogP) is 2.06. The van der Waals surface area contributed by atoms with Gasteiger partial charge in [-0.15, -0.1) is 0 Å². The molecule has 0 N–H and O–H groups in total.